The highest BCUT2D eigenvalue weighted by Gasteiger charge is 2.18. The maximum atomic E-state index is 5.87. The Kier molecular flexibility index (Phi) is 6.01. The maximum Gasteiger partial charge on any atom is 0.218 e. The smallest absolute Gasteiger partial charge is 0.218 e. The normalized spacial score (nSPS) is 22.5. The largest absolute Gasteiger partial charge is 0.478 e. The molecule has 1 aromatic rings. The minimum Gasteiger partial charge on any atom is -0.478 e. The summed E-state index contributed by atoms with van der Waals surface area (Å²) in [6.07, 6.45) is 6.15. The van der Waals surface area contributed by atoms with Gasteiger partial charge >= 0.3 is 0 Å². The van der Waals surface area contributed by atoms with Gasteiger partial charge in [-0.3, -0.25) is 0 Å². The number of anilines is 1. The summed E-state index contributed by atoms with van der Waals surface area (Å²) in [6.45, 7) is 3.93. The highest BCUT2D eigenvalue weighted by Crippen LogP contribution is 2.19. The van der Waals surface area contributed by atoms with Gasteiger partial charge < -0.3 is 20.5 Å². The monoisotopic (exact) mass is 280 g/mol. The number of nitrogens with zero attached hydrogens (tertiary/aromatic N) is 2. The van der Waals surface area contributed by atoms with Crippen LogP contribution in [0.2, 0.25) is 0 Å². The van der Waals surface area contributed by atoms with Crippen LogP contribution in [0.5, 0.6) is 5.88 Å². The molecule has 6 nitrogen and oxygen atoms in total. The van der Waals surface area contributed by atoms with Gasteiger partial charge in [0.1, 0.15) is 12.1 Å². The van der Waals surface area contributed by atoms with Crippen molar-refractivity contribution in [2.45, 2.75) is 44.8 Å². The predicted octanol–water partition coefficient (Wildman–Crippen LogP) is 1.57. The van der Waals surface area contributed by atoms with E-state index >= 15 is 0 Å². The zero-order valence-electron chi connectivity index (χ0n) is 12.0. The molecule has 1 fully saturated rings. The van der Waals surface area contributed by atoms with Crippen molar-refractivity contribution in [1.29, 1.82) is 0 Å². The maximum absolute atomic E-state index is 5.87. The third-order valence-corrected chi connectivity index (χ3v) is 3.41. The van der Waals surface area contributed by atoms with E-state index in [0.717, 1.165) is 38.0 Å². The molecule has 0 saturated heterocycles. The van der Waals surface area contributed by atoms with E-state index in [2.05, 4.69) is 15.3 Å². The molecule has 1 aliphatic rings. The van der Waals surface area contributed by atoms with Gasteiger partial charge in [-0.1, -0.05) is 0 Å². The number of aromatic nitrogens is 2. The fraction of sp³-hybridized carbons (Fsp3) is 0.714. The van der Waals surface area contributed by atoms with E-state index < -0.39 is 0 Å². The second kappa shape index (κ2) is 8.01. The van der Waals surface area contributed by atoms with E-state index in [1.807, 2.05) is 6.92 Å². The van der Waals surface area contributed by atoms with Crippen LogP contribution in [-0.4, -0.2) is 41.9 Å². The van der Waals surface area contributed by atoms with Crippen molar-refractivity contribution in [1.82, 2.24) is 9.97 Å². The van der Waals surface area contributed by atoms with Crippen LogP contribution in [0.1, 0.15) is 32.6 Å². The Morgan fingerprint density at radius 3 is 2.85 bits per heavy atom. The van der Waals surface area contributed by atoms with Crippen LogP contribution in [0.3, 0.4) is 0 Å². The van der Waals surface area contributed by atoms with E-state index in [1.165, 1.54) is 6.33 Å². The van der Waals surface area contributed by atoms with Crippen LogP contribution in [0, 0.1) is 0 Å². The summed E-state index contributed by atoms with van der Waals surface area (Å²) in [6, 6.07) is 2.16. The van der Waals surface area contributed by atoms with Gasteiger partial charge in [0, 0.05) is 18.7 Å². The molecule has 0 aliphatic heterocycles. The molecule has 1 saturated carbocycles. The van der Waals surface area contributed by atoms with Crippen LogP contribution in [0.25, 0.3) is 0 Å². The molecule has 0 amide bonds. The number of rotatable bonds is 7. The highest BCUT2D eigenvalue weighted by molar-refractivity contribution is 5.36. The van der Waals surface area contributed by atoms with Crippen LogP contribution < -0.4 is 15.8 Å². The second-order valence-electron chi connectivity index (χ2n) is 5.01. The molecule has 112 valence electrons. The number of hydrogen-bond donors (Lipinski definition) is 2. The van der Waals surface area contributed by atoms with E-state index in [4.69, 9.17) is 15.2 Å². The van der Waals surface area contributed by atoms with Gasteiger partial charge in [0.05, 0.1) is 19.3 Å². The molecule has 6 heteroatoms. The van der Waals surface area contributed by atoms with Crippen molar-refractivity contribution in [2.75, 3.05) is 25.1 Å². The Morgan fingerprint density at radius 1 is 1.30 bits per heavy atom. The number of ether oxygens (including phenoxy) is 2. The lowest BCUT2D eigenvalue weighted by molar-refractivity contribution is 0.0313. The summed E-state index contributed by atoms with van der Waals surface area (Å²) in [5.41, 5.74) is 5.87. The average Bonchev–Trinajstić information content (AvgIpc) is 2.46. The minimum absolute atomic E-state index is 0.362. The SMILES string of the molecule is CCOc1cc(NCCOC2CCC(N)CC2)ncn1. The first-order chi connectivity index (χ1) is 9.78. The summed E-state index contributed by atoms with van der Waals surface area (Å²) in [4.78, 5) is 8.16. The zero-order chi connectivity index (χ0) is 14.2. The van der Waals surface area contributed by atoms with E-state index in [0.29, 0.717) is 31.2 Å². The molecule has 1 heterocycles. The first-order valence-corrected chi connectivity index (χ1v) is 7.34. The van der Waals surface area contributed by atoms with Crippen molar-refractivity contribution in [3.8, 4) is 5.88 Å². The third-order valence-electron chi connectivity index (χ3n) is 3.41. The summed E-state index contributed by atoms with van der Waals surface area (Å²) in [7, 11) is 0. The molecule has 1 aromatic heterocycles. The predicted molar refractivity (Wildman–Crippen MR) is 77.9 cm³/mol. The molecular weight excluding hydrogens is 256 g/mol. The van der Waals surface area contributed by atoms with Gasteiger partial charge in [0.15, 0.2) is 0 Å². The lowest BCUT2D eigenvalue weighted by Crippen LogP contribution is -2.31. The van der Waals surface area contributed by atoms with Crippen molar-refractivity contribution >= 4 is 5.82 Å². The molecule has 0 unspecified atom stereocenters. The van der Waals surface area contributed by atoms with Gasteiger partial charge in [0.25, 0.3) is 0 Å². The molecule has 1 aliphatic carbocycles. The van der Waals surface area contributed by atoms with E-state index in [9.17, 15) is 0 Å². The molecule has 3 N–H and O–H groups in total. The summed E-state index contributed by atoms with van der Waals surface area (Å²) in [5.74, 6) is 1.35. The van der Waals surface area contributed by atoms with Gasteiger partial charge in [-0.05, 0) is 32.6 Å². The van der Waals surface area contributed by atoms with Gasteiger partial charge in [0.2, 0.25) is 5.88 Å². The van der Waals surface area contributed by atoms with Gasteiger partial charge in [-0.25, -0.2) is 9.97 Å². The number of hydrogen-bond acceptors (Lipinski definition) is 6. The molecule has 0 aromatic carbocycles. The lowest BCUT2D eigenvalue weighted by Gasteiger charge is -2.26. The Hall–Kier alpha value is -1.40. The Balaban J connectivity index is 1.64. The highest BCUT2D eigenvalue weighted by atomic mass is 16.5. The molecule has 0 spiro atoms. The molecule has 0 bridgehead atoms. The van der Waals surface area contributed by atoms with Crippen molar-refractivity contribution in [3.05, 3.63) is 12.4 Å². The van der Waals surface area contributed by atoms with Crippen molar-refractivity contribution in [3.63, 3.8) is 0 Å². The fourth-order valence-corrected chi connectivity index (χ4v) is 2.32. The molecular formula is C14H24N4O2. The van der Waals surface area contributed by atoms with Crippen molar-refractivity contribution < 1.29 is 9.47 Å². The second-order valence-corrected chi connectivity index (χ2v) is 5.01. The summed E-state index contributed by atoms with van der Waals surface area (Å²) in [5, 5.41) is 3.21. The van der Waals surface area contributed by atoms with Crippen LogP contribution in [-0.2, 0) is 4.74 Å². The summed E-state index contributed by atoms with van der Waals surface area (Å²) >= 11 is 0. The molecule has 0 atom stereocenters. The Labute approximate surface area is 120 Å². The zero-order valence-corrected chi connectivity index (χ0v) is 12.0. The molecule has 20 heavy (non-hydrogen) atoms. The quantitative estimate of drug-likeness (QED) is 0.738. The Bertz CT molecular complexity index is 395. The minimum atomic E-state index is 0.362. The van der Waals surface area contributed by atoms with E-state index in [-0.39, 0.29) is 0 Å². The van der Waals surface area contributed by atoms with Crippen LogP contribution >= 0.6 is 0 Å². The number of nitrogens with two attached hydrogens (primary N) is 1. The first kappa shape index (κ1) is 15.0. The van der Waals surface area contributed by atoms with Gasteiger partial charge in [-0.15, -0.1) is 0 Å². The van der Waals surface area contributed by atoms with E-state index in [1.54, 1.807) is 6.07 Å². The average molecular weight is 280 g/mol. The Morgan fingerprint density at radius 2 is 2.10 bits per heavy atom. The standard InChI is InChI=1S/C14H24N4O2/c1-2-19-14-9-13(17-10-18-14)16-7-8-20-12-5-3-11(15)4-6-12/h9-12H,2-8,15H2,1H3,(H,16,17,18). The molecule has 2 rings (SSSR count). The first-order valence-electron chi connectivity index (χ1n) is 7.34. The third kappa shape index (κ3) is 4.94. The van der Waals surface area contributed by atoms with Crippen LogP contribution in [0.15, 0.2) is 12.4 Å². The number of nitrogens with one attached hydrogen (secondary N) is 1. The van der Waals surface area contributed by atoms with Gasteiger partial charge in [-0.2, -0.15) is 0 Å². The summed E-state index contributed by atoms with van der Waals surface area (Å²) < 4.78 is 11.2. The topological polar surface area (TPSA) is 82.3 Å². The molecule has 0 radical (unpaired) electrons. The van der Waals surface area contributed by atoms with Crippen molar-refractivity contribution in [2.24, 2.45) is 5.73 Å². The van der Waals surface area contributed by atoms with Crippen LogP contribution in [0.4, 0.5) is 5.82 Å². The lowest BCUT2D eigenvalue weighted by atomic mass is 9.94. The fourth-order valence-electron chi connectivity index (χ4n) is 2.32.